The van der Waals surface area contributed by atoms with Gasteiger partial charge in [0.2, 0.25) is 0 Å². The van der Waals surface area contributed by atoms with Crippen LogP contribution in [0.15, 0.2) is 34.9 Å². The summed E-state index contributed by atoms with van der Waals surface area (Å²) in [4.78, 5) is 19.2. The molecule has 96 valence electrons. The normalized spacial score (nSPS) is 10.8. The van der Waals surface area contributed by atoms with Crippen LogP contribution in [0.1, 0.15) is 22.1 Å². The van der Waals surface area contributed by atoms with Crippen LogP contribution in [0.3, 0.4) is 0 Å². The molecule has 1 aromatic carbocycles. The Kier molecular flexibility index (Phi) is 2.59. The van der Waals surface area contributed by atoms with E-state index in [9.17, 15) is 4.79 Å². The van der Waals surface area contributed by atoms with Crippen molar-refractivity contribution in [2.45, 2.75) is 13.8 Å². The predicted octanol–water partition coefficient (Wildman–Crippen LogP) is 3.03. The molecule has 0 aliphatic heterocycles. The molecule has 3 rings (SSSR count). The van der Waals surface area contributed by atoms with E-state index < -0.39 is 0 Å². The first-order chi connectivity index (χ1) is 9.15. The van der Waals surface area contributed by atoms with E-state index in [1.807, 2.05) is 31.2 Å². The Bertz CT molecular complexity index is 755. The molecule has 0 spiro atoms. The summed E-state index contributed by atoms with van der Waals surface area (Å²) >= 11 is 0. The van der Waals surface area contributed by atoms with Gasteiger partial charge in [0.15, 0.2) is 0 Å². The van der Waals surface area contributed by atoms with Crippen molar-refractivity contribution in [3.05, 3.63) is 47.8 Å². The van der Waals surface area contributed by atoms with Gasteiger partial charge in [0.05, 0.1) is 11.9 Å². The summed E-state index contributed by atoms with van der Waals surface area (Å²) in [6, 6.07) is 7.80. The summed E-state index contributed by atoms with van der Waals surface area (Å²) in [7, 11) is 0. The van der Waals surface area contributed by atoms with Gasteiger partial charge in [-0.15, -0.1) is 0 Å². The van der Waals surface area contributed by atoms with E-state index in [1.165, 1.54) is 6.20 Å². The third-order valence-corrected chi connectivity index (χ3v) is 2.95. The molecule has 0 fully saturated rings. The number of nitrogens with one attached hydrogen (secondary N) is 2. The van der Waals surface area contributed by atoms with Crippen LogP contribution in [0.2, 0.25) is 0 Å². The summed E-state index contributed by atoms with van der Waals surface area (Å²) in [5.74, 6) is 0.337. The number of oxazole rings is 1. The highest BCUT2D eigenvalue weighted by Gasteiger charge is 2.16. The number of carbonyl (C=O) groups excluding carboxylic acids is 1. The zero-order valence-electron chi connectivity index (χ0n) is 10.7. The molecule has 3 aromatic rings. The molecule has 2 heterocycles. The van der Waals surface area contributed by atoms with Crippen molar-refractivity contribution in [1.82, 2.24) is 9.97 Å². The molecule has 0 atom stereocenters. The van der Waals surface area contributed by atoms with E-state index in [0.717, 1.165) is 22.3 Å². The van der Waals surface area contributed by atoms with Gasteiger partial charge in [-0.25, -0.2) is 4.98 Å². The Hall–Kier alpha value is -2.56. The number of hydrogen-bond acceptors (Lipinski definition) is 3. The second-order valence-corrected chi connectivity index (χ2v) is 4.40. The van der Waals surface area contributed by atoms with Crippen LogP contribution in [0, 0.1) is 13.8 Å². The number of aromatic amines is 1. The van der Waals surface area contributed by atoms with Crippen LogP contribution in [0.25, 0.3) is 10.9 Å². The van der Waals surface area contributed by atoms with Crippen molar-refractivity contribution >= 4 is 22.5 Å². The van der Waals surface area contributed by atoms with Gasteiger partial charge in [-0.2, -0.15) is 0 Å². The Morgan fingerprint density at radius 2 is 2.11 bits per heavy atom. The fourth-order valence-electron chi connectivity index (χ4n) is 2.06. The molecule has 0 saturated carbocycles. The van der Waals surface area contributed by atoms with Crippen molar-refractivity contribution in [1.29, 1.82) is 0 Å². The molecule has 1 amide bonds. The number of nitrogens with zero attached hydrogens (tertiary/aromatic N) is 1. The number of H-pyrrole nitrogens is 1. The van der Waals surface area contributed by atoms with Crippen LogP contribution in [0.4, 0.5) is 5.69 Å². The fourth-order valence-corrected chi connectivity index (χ4v) is 2.06. The molecule has 5 heteroatoms. The zero-order valence-corrected chi connectivity index (χ0v) is 10.7. The maximum absolute atomic E-state index is 12.0. The molecule has 0 aliphatic carbocycles. The minimum absolute atomic E-state index is 0.0715. The molecule has 2 N–H and O–H groups in total. The summed E-state index contributed by atoms with van der Waals surface area (Å²) in [6.45, 7) is 3.66. The van der Waals surface area contributed by atoms with Gasteiger partial charge in [0, 0.05) is 16.6 Å². The van der Waals surface area contributed by atoms with Gasteiger partial charge in [-0.3, -0.25) is 4.79 Å². The first-order valence-electron chi connectivity index (χ1n) is 5.96. The van der Waals surface area contributed by atoms with E-state index in [-0.39, 0.29) is 11.8 Å². The van der Waals surface area contributed by atoms with Gasteiger partial charge < -0.3 is 14.7 Å². The topological polar surface area (TPSA) is 70.9 Å². The largest absolute Gasteiger partial charge is 0.438 e. The number of carbonyl (C=O) groups is 1. The maximum atomic E-state index is 12.0. The lowest BCUT2D eigenvalue weighted by atomic mass is 10.2. The van der Waals surface area contributed by atoms with E-state index in [0.29, 0.717) is 5.76 Å². The minimum Gasteiger partial charge on any atom is -0.438 e. The van der Waals surface area contributed by atoms with Crippen LogP contribution in [-0.2, 0) is 0 Å². The highest BCUT2D eigenvalue weighted by molar-refractivity contribution is 6.07. The van der Waals surface area contributed by atoms with Gasteiger partial charge in [0.25, 0.3) is 5.89 Å². The second-order valence-electron chi connectivity index (χ2n) is 4.40. The number of benzene rings is 1. The van der Waals surface area contributed by atoms with E-state index in [4.69, 9.17) is 4.42 Å². The summed E-state index contributed by atoms with van der Waals surface area (Å²) in [5, 5.41) is 3.81. The average molecular weight is 255 g/mol. The number of hydrogen-bond donors (Lipinski definition) is 2. The predicted molar refractivity (Wildman–Crippen MR) is 72.2 cm³/mol. The first kappa shape index (κ1) is 11.5. The van der Waals surface area contributed by atoms with Gasteiger partial charge >= 0.3 is 5.91 Å². The Morgan fingerprint density at radius 3 is 2.84 bits per heavy atom. The highest BCUT2D eigenvalue weighted by atomic mass is 16.4. The van der Waals surface area contributed by atoms with Gasteiger partial charge in [0.1, 0.15) is 5.76 Å². The average Bonchev–Trinajstić information content (AvgIpc) is 2.95. The number of amides is 1. The van der Waals surface area contributed by atoms with Crippen LogP contribution < -0.4 is 5.32 Å². The summed E-state index contributed by atoms with van der Waals surface area (Å²) in [6.07, 6.45) is 1.52. The smallest absolute Gasteiger partial charge is 0.311 e. The molecule has 0 unspecified atom stereocenters. The molecular formula is C14H13N3O2. The number of para-hydroxylation sites is 1. The van der Waals surface area contributed by atoms with Crippen molar-refractivity contribution < 1.29 is 9.21 Å². The Balaban J connectivity index is 1.97. The summed E-state index contributed by atoms with van der Waals surface area (Å²) in [5.41, 5.74) is 2.65. The minimum atomic E-state index is -0.346. The van der Waals surface area contributed by atoms with E-state index in [2.05, 4.69) is 15.3 Å². The number of aromatic nitrogens is 2. The SMILES string of the molecule is Cc1cnc(C(=O)Nc2c(C)[nH]c3ccccc23)o1. The standard InChI is InChI=1S/C14H13N3O2/c1-8-7-15-14(19-8)13(18)17-12-9(2)16-11-6-4-3-5-10(11)12/h3-7,16H,1-2H3,(H,17,18). The monoisotopic (exact) mass is 255 g/mol. The van der Waals surface area contributed by atoms with Crippen LogP contribution in [0.5, 0.6) is 0 Å². The lowest BCUT2D eigenvalue weighted by Crippen LogP contribution is -2.12. The molecule has 0 saturated heterocycles. The first-order valence-corrected chi connectivity index (χ1v) is 5.96. The quantitative estimate of drug-likeness (QED) is 0.739. The second kappa shape index (κ2) is 4.28. The molecule has 0 aliphatic rings. The Morgan fingerprint density at radius 1 is 1.32 bits per heavy atom. The van der Waals surface area contributed by atoms with Gasteiger partial charge in [-0.05, 0) is 19.9 Å². The van der Waals surface area contributed by atoms with Crippen molar-refractivity contribution in [2.75, 3.05) is 5.32 Å². The molecular weight excluding hydrogens is 242 g/mol. The van der Waals surface area contributed by atoms with Crippen molar-refractivity contribution in [2.24, 2.45) is 0 Å². The Labute approximate surface area is 109 Å². The van der Waals surface area contributed by atoms with E-state index in [1.54, 1.807) is 6.92 Å². The lowest BCUT2D eigenvalue weighted by Gasteiger charge is -2.02. The number of aryl methyl sites for hydroxylation is 2. The third kappa shape index (κ3) is 1.99. The van der Waals surface area contributed by atoms with Crippen molar-refractivity contribution in [3.63, 3.8) is 0 Å². The fraction of sp³-hybridized carbons (Fsp3) is 0.143. The number of rotatable bonds is 2. The zero-order chi connectivity index (χ0) is 13.4. The lowest BCUT2D eigenvalue weighted by molar-refractivity contribution is 0.0989. The molecule has 0 bridgehead atoms. The van der Waals surface area contributed by atoms with Gasteiger partial charge in [-0.1, -0.05) is 18.2 Å². The molecule has 19 heavy (non-hydrogen) atoms. The van der Waals surface area contributed by atoms with E-state index >= 15 is 0 Å². The molecule has 5 nitrogen and oxygen atoms in total. The number of anilines is 1. The van der Waals surface area contributed by atoms with Crippen LogP contribution in [-0.4, -0.2) is 15.9 Å². The van der Waals surface area contributed by atoms with Crippen LogP contribution >= 0.6 is 0 Å². The highest BCUT2D eigenvalue weighted by Crippen LogP contribution is 2.27. The maximum Gasteiger partial charge on any atom is 0.311 e. The third-order valence-electron chi connectivity index (χ3n) is 2.95. The number of fused-ring (bicyclic) bond motifs is 1. The molecule has 0 radical (unpaired) electrons. The summed E-state index contributed by atoms with van der Waals surface area (Å²) < 4.78 is 5.21. The van der Waals surface area contributed by atoms with Crippen molar-refractivity contribution in [3.8, 4) is 0 Å². The molecule has 2 aromatic heterocycles.